The molecule has 1 N–H and O–H groups in total. The highest BCUT2D eigenvalue weighted by Crippen LogP contribution is 2.27. The van der Waals surface area contributed by atoms with E-state index in [2.05, 4.69) is 26.2 Å². The molecule has 3 rings (SSSR count). The highest BCUT2D eigenvalue weighted by molar-refractivity contribution is 9.10. The minimum Gasteiger partial charge on any atom is -0.312 e. The quantitative estimate of drug-likeness (QED) is 0.898. The summed E-state index contributed by atoms with van der Waals surface area (Å²) in [7, 11) is 0. The maximum Gasteiger partial charge on any atom is 0.230 e. The third-order valence-electron chi connectivity index (χ3n) is 3.89. The summed E-state index contributed by atoms with van der Waals surface area (Å²) in [6.45, 7) is 2.27. The van der Waals surface area contributed by atoms with Gasteiger partial charge >= 0.3 is 0 Å². The van der Waals surface area contributed by atoms with Crippen LogP contribution in [0, 0.1) is 12.8 Å². The maximum absolute atomic E-state index is 12.4. The fourth-order valence-corrected chi connectivity index (χ4v) is 2.85. The minimum absolute atomic E-state index is 0.0368. The molecule has 1 aliphatic heterocycles. The van der Waals surface area contributed by atoms with Crippen LogP contribution >= 0.6 is 15.9 Å². The first-order valence-corrected chi connectivity index (χ1v) is 8.12. The van der Waals surface area contributed by atoms with Gasteiger partial charge in [0.15, 0.2) is 0 Å². The Morgan fingerprint density at radius 1 is 1.30 bits per heavy atom. The molecule has 5 nitrogen and oxygen atoms in total. The molecule has 2 amide bonds. The Labute approximate surface area is 142 Å². The van der Waals surface area contributed by atoms with Crippen LogP contribution in [-0.4, -0.2) is 23.3 Å². The first-order valence-electron chi connectivity index (χ1n) is 7.33. The molecule has 1 aromatic heterocycles. The molecule has 1 saturated heterocycles. The third kappa shape index (κ3) is 3.42. The number of benzene rings is 1. The van der Waals surface area contributed by atoms with Gasteiger partial charge in [0, 0.05) is 29.3 Å². The van der Waals surface area contributed by atoms with E-state index in [-0.39, 0.29) is 24.2 Å². The summed E-state index contributed by atoms with van der Waals surface area (Å²) in [5.41, 5.74) is 1.71. The lowest BCUT2D eigenvalue weighted by molar-refractivity contribution is -0.122. The van der Waals surface area contributed by atoms with Crippen molar-refractivity contribution in [1.29, 1.82) is 0 Å². The highest BCUT2D eigenvalue weighted by Gasteiger charge is 2.35. The average molecular weight is 374 g/mol. The molecule has 0 spiro atoms. The van der Waals surface area contributed by atoms with E-state index in [0.29, 0.717) is 12.4 Å². The molecule has 0 bridgehead atoms. The Kier molecular flexibility index (Phi) is 4.43. The van der Waals surface area contributed by atoms with E-state index in [9.17, 15) is 9.59 Å². The first-order chi connectivity index (χ1) is 11.0. The third-order valence-corrected chi connectivity index (χ3v) is 4.41. The summed E-state index contributed by atoms with van der Waals surface area (Å²) in [5.74, 6) is -0.0235. The van der Waals surface area contributed by atoms with E-state index in [1.165, 1.54) is 0 Å². The Hall–Kier alpha value is -2.21. The molecule has 23 heavy (non-hydrogen) atoms. The van der Waals surface area contributed by atoms with Gasteiger partial charge in [-0.05, 0) is 42.8 Å². The summed E-state index contributed by atoms with van der Waals surface area (Å²) in [5, 5.41) is 2.82. The van der Waals surface area contributed by atoms with Crippen molar-refractivity contribution in [3.8, 4) is 0 Å². The standard InChI is InChI=1S/C17H16BrN3O2/c1-11-3-2-8-19-16(11)20-17(23)12-9-15(22)21(10-12)14-6-4-13(18)5-7-14/h2-8,12H,9-10H2,1H3,(H,19,20,23)/t12-/m1/s1. The van der Waals surface area contributed by atoms with Gasteiger partial charge in [0.2, 0.25) is 11.8 Å². The molecule has 1 aliphatic rings. The second kappa shape index (κ2) is 6.50. The van der Waals surface area contributed by atoms with Gasteiger partial charge in [-0.15, -0.1) is 0 Å². The fourth-order valence-electron chi connectivity index (χ4n) is 2.59. The molecule has 0 radical (unpaired) electrons. The molecular weight excluding hydrogens is 358 g/mol. The van der Waals surface area contributed by atoms with E-state index in [1.54, 1.807) is 11.1 Å². The van der Waals surface area contributed by atoms with E-state index >= 15 is 0 Å². The van der Waals surface area contributed by atoms with Crippen LogP contribution in [0.1, 0.15) is 12.0 Å². The SMILES string of the molecule is Cc1cccnc1NC(=O)[C@@H]1CC(=O)N(c2ccc(Br)cc2)C1. The number of carbonyl (C=O) groups excluding carboxylic acids is 2. The molecule has 1 aromatic carbocycles. The molecule has 0 unspecified atom stereocenters. The molecule has 1 atom stereocenters. The Bertz CT molecular complexity index is 746. The van der Waals surface area contributed by atoms with Crippen LogP contribution in [-0.2, 0) is 9.59 Å². The van der Waals surface area contributed by atoms with Crippen molar-refractivity contribution < 1.29 is 9.59 Å². The highest BCUT2D eigenvalue weighted by atomic mass is 79.9. The molecule has 2 aromatic rings. The lowest BCUT2D eigenvalue weighted by Gasteiger charge is -2.17. The molecule has 0 aliphatic carbocycles. The van der Waals surface area contributed by atoms with Crippen molar-refractivity contribution in [3.63, 3.8) is 0 Å². The number of rotatable bonds is 3. The predicted octanol–water partition coefficient (Wildman–Crippen LogP) is 3.14. The number of amides is 2. The van der Waals surface area contributed by atoms with Crippen LogP contribution in [0.25, 0.3) is 0 Å². The van der Waals surface area contributed by atoms with Crippen molar-refractivity contribution in [2.24, 2.45) is 5.92 Å². The summed E-state index contributed by atoms with van der Waals surface area (Å²) in [6, 6.07) is 11.2. The number of hydrogen-bond donors (Lipinski definition) is 1. The van der Waals surface area contributed by atoms with E-state index in [4.69, 9.17) is 0 Å². The lowest BCUT2D eigenvalue weighted by atomic mass is 10.1. The van der Waals surface area contributed by atoms with Crippen LogP contribution < -0.4 is 10.2 Å². The van der Waals surface area contributed by atoms with Crippen molar-refractivity contribution in [3.05, 3.63) is 52.6 Å². The lowest BCUT2D eigenvalue weighted by Crippen LogP contribution is -2.28. The van der Waals surface area contributed by atoms with Gasteiger partial charge in [-0.25, -0.2) is 4.98 Å². The fraction of sp³-hybridized carbons (Fsp3) is 0.235. The number of carbonyl (C=O) groups is 2. The molecule has 2 heterocycles. The number of nitrogens with one attached hydrogen (secondary N) is 1. The van der Waals surface area contributed by atoms with E-state index in [0.717, 1.165) is 15.7 Å². The van der Waals surface area contributed by atoms with Crippen molar-refractivity contribution in [1.82, 2.24) is 4.98 Å². The number of halogens is 1. The second-order valence-electron chi connectivity index (χ2n) is 5.54. The monoisotopic (exact) mass is 373 g/mol. The zero-order valence-electron chi connectivity index (χ0n) is 12.6. The van der Waals surface area contributed by atoms with Gasteiger partial charge in [-0.2, -0.15) is 0 Å². The van der Waals surface area contributed by atoms with Crippen LogP contribution in [0.4, 0.5) is 11.5 Å². The van der Waals surface area contributed by atoms with Gasteiger partial charge < -0.3 is 10.2 Å². The van der Waals surface area contributed by atoms with Gasteiger partial charge in [-0.1, -0.05) is 22.0 Å². The van der Waals surface area contributed by atoms with Gasteiger partial charge in [0.1, 0.15) is 5.82 Å². The van der Waals surface area contributed by atoms with E-state index < -0.39 is 0 Å². The number of anilines is 2. The molecule has 1 fully saturated rings. The van der Waals surface area contributed by atoms with Crippen molar-refractivity contribution in [2.45, 2.75) is 13.3 Å². The number of hydrogen-bond acceptors (Lipinski definition) is 3. The summed E-state index contributed by atoms with van der Waals surface area (Å²) in [6.07, 6.45) is 1.85. The average Bonchev–Trinajstić information content (AvgIpc) is 2.92. The Morgan fingerprint density at radius 2 is 2.04 bits per heavy atom. The molecule has 6 heteroatoms. The number of pyridine rings is 1. The predicted molar refractivity (Wildman–Crippen MR) is 92.2 cm³/mol. The zero-order chi connectivity index (χ0) is 16.4. The maximum atomic E-state index is 12.4. The number of aromatic nitrogens is 1. The zero-order valence-corrected chi connectivity index (χ0v) is 14.2. The van der Waals surface area contributed by atoms with Crippen molar-refractivity contribution in [2.75, 3.05) is 16.8 Å². The normalized spacial score (nSPS) is 17.4. The Morgan fingerprint density at radius 3 is 2.74 bits per heavy atom. The topological polar surface area (TPSA) is 62.3 Å². The molecule has 118 valence electrons. The van der Waals surface area contributed by atoms with Crippen LogP contribution in [0.15, 0.2) is 47.1 Å². The van der Waals surface area contributed by atoms with Crippen LogP contribution in [0.3, 0.4) is 0 Å². The molecule has 0 saturated carbocycles. The molecular formula is C17H16BrN3O2. The minimum atomic E-state index is -0.368. The number of nitrogens with zero attached hydrogens (tertiary/aromatic N) is 2. The van der Waals surface area contributed by atoms with Crippen molar-refractivity contribution >= 4 is 39.2 Å². The first kappa shape index (κ1) is 15.7. The number of aryl methyl sites for hydroxylation is 1. The van der Waals surface area contributed by atoms with Crippen LogP contribution in [0.5, 0.6) is 0 Å². The van der Waals surface area contributed by atoms with Gasteiger partial charge in [0.05, 0.1) is 5.92 Å². The van der Waals surface area contributed by atoms with Gasteiger partial charge in [-0.3, -0.25) is 9.59 Å². The Balaban J connectivity index is 1.71. The van der Waals surface area contributed by atoms with Crippen LogP contribution in [0.2, 0.25) is 0 Å². The summed E-state index contributed by atoms with van der Waals surface area (Å²) in [4.78, 5) is 30.4. The largest absolute Gasteiger partial charge is 0.312 e. The van der Waals surface area contributed by atoms with E-state index in [1.807, 2.05) is 43.3 Å². The summed E-state index contributed by atoms with van der Waals surface area (Å²) < 4.78 is 0.952. The summed E-state index contributed by atoms with van der Waals surface area (Å²) >= 11 is 3.37. The smallest absolute Gasteiger partial charge is 0.230 e. The van der Waals surface area contributed by atoms with Gasteiger partial charge in [0.25, 0.3) is 0 Å². The second-order valence-corrected chi connectivity index (χ2v) is 6.46.